The maximum Gasteiger partial charge on any atom is 0.117 e. The highest BCUT2D eigenvalue weighted by molar-refractivity contribution is 5.91. The molecule has 0 aliphatic carbocycles. The minimum Gasteiger partial charge on any atom is -0.397 e. The number of benzene rings is 2. The van der Waals surface area contributed by atoms with Crippen LogP contribution in [0.1, 0.15) is 11.1 Å². The molecule has 4 rings (SSSR count). The lowest BCUT2D eigenvalue weighted by molar-refractivity contribution is 0.518. The van der Waals surface area contributed by atoms with Crippen molar-refractivity contribution >= 4 is 33.2 Å². The van der Waals surface area contributed by atoms with Crippen LogP contribution in [-0.4, -0.2) is 19.8 Å². The Bertz CT molecular complexity index is 940. The fourth-order valence-corrected chi connectivity index (χ4v) is 2.82. The van der Waals surface area contributed by atoms with E-state index in [1.54, 1.807) is 9.58 Å². The number of fused-ring (bicyclic) bond motifs is 2. The SMILES string of the molecule is Cc1cc(N)c2nn(-n3cc4cc(C)cc(N)c4n3)cc2c1. The Balaban J connectivity index is 1.95. The molecule has 0 atom stereocenters. The fourth-order valence-electron chi connectivity index (χ4n) is 2.82. The smallest absolute Gasteiger partial charge is 0.117 e. The number of nitrogens with two attached hydrogens (primary N) is 2. The van der Waals surface area contributed by atoms with E-state index in [-0.39, 0.29) is 0 Å². The van der Waals surface area contributed by atoms with E-state index < -0.39 is 0 Å². The molecule has 2 aromatic carbocycles. The summed E-state index contributed by atoms with van der Waals surface area (Å²) in [5, 5.41) is 11.0. The molecule has 2 aromatic heterocycles. The number of aryl methyl sites for hydroxylation is 2. The summed E-state index contributed by atoms with van der Waals surface area (Å²) in [7, 11) is 0. The van der Waals surface area contributed by atoms with Gasteiger partial charge < -0.3 is 11.5 Å². The van der Waals surface area contributed by atoms with E-state index in [0.717, 1.165) is 32.9 Å². The Morgan fingerprint density at radius 3 is 1.55 bits per heavy atom. The highest BCUT2D eigenvalue weighted by Crippen LogP contribution is 2.24. The first-order valence-corrected chi connectivity index (χ1v) is 7.03. The van der Waals surface area contributed by atoms with Gasteiger partial charge in [-0.15, -0.1) is 10.2 Å². The summed E-state index contributed by atoms with van der Waals surface area (Å²) < 4.78 is 0. The van der Waals surface area contributed by atoms with E-state index in [2.05, 4.69) is 22.3 Å². The molecule has 0 bridgehead atoms. The van der Waals surface area contributed by atoms with E-state index in [0.29, 0.717) is 11.4 Å². The number of aromatic nitrogens is 4. The minimum absolute atomic E-state index is 0.667. The standard InChI is InChI=1S/C16H16N6/c1-9-3-11-7-21(19-15(11)13(17)5-9)22-8-12-4-10(2)6-14(18)16(12)20-22/h3-8H,17-18H2,1-2H3. The van der Waals surface area contributed by atoms with Gasteiger partial charge in [-0.3, -0.25) is 0 Å². The van der Waals surface area contributed by atoms with Crippen molar-refractivity contribution in [3.05, 3.63) is 47.8 Å². The van der Waals surface area contributed by atoms with Gasteiger partial charge >= 0.3 is 0 Å². The Kier molecular flexibility index (Phi) is 2.45. The number of hydrogen-bond acceptors (Lipinski definition) is 4. The van der Waals surface area contributed by atoms with Crippen LogP contribution in [0.3, 0.4) is 0 Å². The zero-order chi connectivity index (χ0) is 15.4. The molecule has 22 heavy (non-hydrogen) atoms. The van der Waals surface area contributed by atoms with Crippen LogP contribution in [0.4, 0.5) is 11.4 Å². The van der Waals surface area contributed by atoms with Crippen molar-refractivity contribution in [3.63, 3.8) is 0 Å². The molecule has 0 radical (unpaired) electrons. The second-order valence-corrected chi connectivity index (χ2v) is 5.68. The normalized spacial score (nSPS) is 11.5. The zero-order valence-electron chi connectivity index (χ0n) is 12.4. The molecule has 0 aliphatic heterocycles. The van der Waals surface area contributed by atoms with Crippen LogP contribution in [0.15, 0.2) is 36.7 Å². The van der Waals surface area contributed by atoms with Crippen molar-refractivity contribution in [2.75, 3.05) is 11.5 Å². The molecule has 0 spiro atoms. The molecule has 6 heteroatoms. The van der Waals surface area contributed by atoms with E-state index >= 15 is 0 Å². The summed E-state index contributed by atoms with van der Waals surface area (Å²) in [6, 6.07) is 7.94. The summed E-state index contributed by atoms with van der Waals surface area (Å²) in [5.74, 6) is 0. The largest absolute Gasteiger partial charge is 0.397 e. The van der Waals surface area contributed by atoms with Gasteiger partial charge in [-0.25, -0.2) is 0 Å². The van der Waals surface area contributed by atoms with Gasteiger partial charge in [0, 0.05) is 10.8 Å². The maximum atomic E-state index is 6.04. The number of anilines is 2. The number of nitrogen functional groups attached to an aromatic ring is 2. The second-order valence-electron chi connectivity index (χ2n) is 5.68. The van der Waals surface area contributed by atoms with E-state index in [4.69, 9.17) is 11.5 Å². The van der Waals surface area contributed by atoms with Crippen molar-refractivity contribution in [1.82, 2.24) is 19.8 Å². The van der Waals surface area contributed by atoms with Gasteiger partial charge in [-0.1, -0.05) is 0 Å². The third kappa shape index (κ3) is 1.81. The average molecular weight is 292 g/mol. The molecule has 4 N–H and O–H groups in total. The van der Waals surface area contributed by atoms with Crippen LogP contribution >= 0.6 is 0 Å². The van der Waals surface area contributed by atoms with Crippen LogP contribution in [-0.2, 0) is 0 Å². The van der Waals surface area contributed by atoms with Crippen LogP contribution in [0.25, 0.3) is 21.8 Å². The van der Waals surface area contributed by atoms with Gasteiger partial charge in [0.05, 0.1) is 23.8 Å². The molecular formula is C16H16N6. The van der Waals surface area contributed by atoms with Gasteiger partial charge in [0.1, 0.15) is 11.0 Å². The topological polar surface area (TPSA) is 87.7 Å². The van der Waals surface area contributed by atoms with Crippen LogP contribution in [0.2, 0.25) is 0 Å². The summed E-state index contributed by atoms with van der Waals surface area (Å²) >= 11 is 0. The first-order chi connectivity index (χ1) is 10.5. The Hall–Kier alpha value is -3.02. The predicted octanol–water partition coefficient (Wildman–Crippen LogP) is 2.48. The molecular weight excluding hydrogens is 276 g/mol. The average Bonchev–Trinajstić information content (AvgIpc) is 3.01. The van der Waals surface area contributed by atoms with Gasteiger partial charge in [0.15, 0.2) is 0 Å². The lowest BCUT2D eigenvalue weighted by Gasteiger charge is -1.98. The monoisotopic (exact) mass is 292 g/mol. The van der Waals surface area contributed by atoms with Crippen molar-refractivity contribution in [3.8, 4) is 0 Å². The quantitative estimate of drug-likeness (QED) is 0.528. The first-order valence-electron chi connectivity index (χ1n) is 7.03. The molecule has 0 aliphatic rings. The van der Waals surface area contributed by atoms with E-state index in [1.165, 1.54) is 0 Å². The fraction of sp³-hybridized carbons (Fsp3) is 0.125. The van der Waals surface area contributed by atoms with Crippen LogP contribution < -0.4 is 11.5 Å². The Morgan fingerprint density at radius 1 is 0.727 bits per heavy atom. The number of nitrogens with zero attached hydrogens (tertiary/aromatic N) is 4. The molecule has 0 amide bonds. The number of hydrogen-bond donors (Lipinski definition) is 2. The lowest BCUT2D eigenvalue weighted by atomic mass is 10.1. The second kappa shape index (κ2) is 4.24. The zero-order valence-corrected chi connectivity index (χ0v) is 12.4. The van der Waals surface area contributed by atoms with Crippen LogP contribution in [0.5, 0.6) is 0 Å². The maximum absolute atomic E-state index is 6.04. The minimum atomic E-state index is 0.667. The highest BCUT2D eigenvalue weighted by Gasteiger charge is 2.10. The lowest BCUT2D eigenvalue weighted by Crippen LogP contribution is -2.09. The molecule has 2 heterocycles. The van der Waals surface area contributed by atoms with Gasteiger partial charge in [-0.2, -0.15) is 9.58 Å². The molecule has 110 valence electrons. The summed E-state index contributed by atoms with van der Waals surface area (Å²) in [5.41, 5.74) is 17.2. The summed E-state index contributed by atoms with van der Waals surface area (Å²) in [6.07, 6.45) is 3.82. The molecule has 0 saturated heterocycles. The highest BCUT2D eigenvalue weighted by atomic mass is 15.7. The Labute approximate surface area is 126 Å². The van der Waals surface area contributed by atoms with Crippen LogP contribution in [0, 0.1) is 13.8 Å². The van der Waals surface area contributed by atoms with Crippen molar-refractivity contribution < 1.29 is 0 Å². The van der Waals surface area contributed by atoms with Crippen molar-refractivity contribution in [1.29, 1.82) is 0 Å². The predicted molar refractivity (Wildman–Crippen MR) is 88.6 cm³/mol. The van der Waals surface area contributed by atoms with Crippen molar-refractivity contribution in [2.24, 2.45) is 0 Å². The molecule has 6 nitrogen and oxygen atoms in total. The molecule has 0 unspecified atom stereocenters. The first kappa shape index (κ1) is 12.7. The summed E-state index contributed by atoms with van der Waals surface area (Å²) in [6.45, 7) is 4.03. The van der Waals surface area contributed by atoms with Crippen molar-refractivity contribution in [2.45, 2.75) is 13.8 Å². The van der Waals surface area contributed by atoms with E-state index in [9.17, 15) is 0 Å². The third-order valence-corrected chi connectivity index (χ3v) is 3.75. The number of rotatable bonds is 1. The molecule has 4 aromatic rings. The molecule has 0 fully saturated rings. The molecule has 0 saturated carbocycles. The summed E-state index contributed by atoms with van der Waals surface area (Å²) in [4.78, 5) is 3.35. The van der Waals surface area contributed by atoms with Gasteiger partial charge in [-0.05, 0) is 49.2 Å². The van der Waals surface area contributed by atoms with Gasteiger partial charge in [0.2, 0.25) is 0 Å². The Morgan fingerprint density at radius 2 is 1.14 bits per heavy atom. The third-order valence-electron chi connectivity index (χ3n) is 3.75. The van der Waals surface area contributed by atoms with Gasteiger partial charge in [0.25, 0.3) is 0 Å². The van der Waals surface area contributed by atoms with E-state index in [1.807, 2.05) is 38.4 Å².